The first-order valence-electron chi connectivity index (χ1n) is 8.45. The Labute approximate surface area is 155 Å². The Kier molecular flexibility index (Phi) is 4.11. The molecule has 26 heavy (non-hydrogen) atoms. The van der Waals surface area contributed by atoms with Gasteiger partial charge in [-0.25, -0.2) is 4.79 Å². The number of halogens is 1. The molecule has 1 aromatic carbocycles. The maximum atomic E-state index is 13.0. The van der Waals surface area contributed by atoms with Crippen LogP contribution in [0.5, 0.6) is 5.75 Å². The van der Waals surface area contributed by atoms with Gasteiger partial charge in [-0.2, -0.15) is 5.10 Å². The first-order valence-corrected chi connectivity index (χ1v) is 8.83. The largest absolute Gasteiger partial charge is 0.497 e. The third-order valence-electron chi connectivity index (χ3n) is 4.87. The van der Waals surface area contributed by atoms with Crippen LogP contribution < -0.4 is 4.74 Å². The van der Waals surface area contributed by atoms with Crippen molar-refractivity contribution in [1.29, 1.82) is 0 Å². The smallest absolute Gasteiger partial charge is 0.356 e. The van der Waals surface area contributed by atoms with Crippen molar-refractivity contribution in [1.82, 2.24) is 14.7 Å². The summed E-state index contributed by atoms with van der Waals surface area (Å²) in [5.41, 5.74) is 1.84. The standard InChI is InChI=1S/C18H18ClN3O4/c1-26-12-5-4-11(13(19)8-12)9-21-6-7-22-16(17(21)23)14(10-2-3-10)15(20-22)18(24)25/h4-5,8,10H,2-3,6-7,9H2,1H3,(H,24,25). The van der Waals surface area contributed by atoms with Crippen LogP contribution in [0.15, 0.2) is 18.2 Å². The summed E-state index contributed by atoms with van der Waals surface area (Å²) >= 11 is 6.30. The number of carboxylic acids is 1. The highest BCUT2D eigenvalue weighted by Crippen LogP contribution is 2.44. The summed E-state index contributed by atoms with van der Waals surface area (Å²) in [6, 6.07) is 5.36. The molecular weight excluding hydrogens is 358 g/mol. The van der Waals surface area contributed by atoms with E-state index in [1.807, 2.05) is 6.07 Å². The van der Waals surface area contributed by atoms with Crippen molar-refractivity contribution in [3.63, 3.8) is 0 Å². The molecule has 0 spiro atoms. The first kappa shape index (κ1) is 16.9. The summed E-state index contributed by atoms with van der Waals surface area (Å²) in [6.07, 6.45) is 1.80. The average Bonchev–Trinajstić information content (AvgIpc) is 3.38. The van der Waals surface area contributed by atoms with Gasteiger partial charge >= 0.3 is 5.97 Å². The van der Waals surface area contributed by atoms with Crippen LogP contribution in [0.2, 0.25) is 5.02 Å². The van der Waals surface area contributed by atoms with E-state index in [2.05, 4.69) is 5.10 Å². The molecule has 4 rings (SSSR count). The van der Waals surface area contributed by atoms with E-state index in [1.165, 1.54) is 0 Å². The minimum atomic E-state index is -1.08. The number of amides is 1. The topological polar surface area (TPSA) is 84.7 Å². The van der Waals surface area contributed by atoms with Gasteiger partial charge in [-0.15, -0.1) is 0 Å². The number of ether oxygens (including phenoxy) is 1. The molecule has 0 unspecified atom stereocenters. The summed E-state index contributed by atoms with van der Waals surface area (Å²) in [4.78, 5) is 26.3. The van der Waals surface area contributed by atoms with Crippen LogP contribution in [0.3, 0.4) is 0 Å². The minimum absolute atomic E-state index is 0.0141. The van der Waals surface area contributed by atoms with E-state index < -0.39 is 5.97 Å². The highest BCUT2D eigenvalue weighted by Gasteiger charge is 2.40. The molecule has 2 heterocycles. The molecular formula is C18H18ClN3O4. The third-order valence-corrected chi connectivity index (χ3v) is 5.22. The molecule has 1 aliphatic carbocycles. The number of carbonyl (C=O) groups excluding carboxylic acids is 1. The molecule has 1 N–H and O–H groups in total. The van der Waals surface area contributed by atoms with Gasteiger partial charge in [0.25, 0.3) is 5.91 Å². The Morgan fingerprint density at radius 1 is 1.38 bits per heavy atom. The van der Waals surface area contributed by atoms with Crippen LogP contribution in [0.1, 0.15) is 50.9 Å². The van der Waals surface area contributed by atoms with Crippen molar-refractivity contribution in [2.75, 3.05) is 13.7 Å². The number of benzene rings is 1. The molecule has 0 saturated heterocycles. The highest BCUT2D eigenvalue weighted by atomic mass is 35.5. The Morgan fingerprint density at radius 2 is 2.15 bits per heavy atom. The first-order chi connectivity index (χ1) is 12.5. The predicted molar refractivity (Wildman–Crippen MR) is 93.9 cm³/mol. The normalized spacial score (nSPS) is 16.5. The average molecular weight is 376 g/mol. The van der Waals surface area contributed by atoms with Crippen LogP contribution >= 0.6 is 11.6 Å². The highest BCUT2D eigenvalue weighted by molar-refractivity contribution is 6.31. The Bertz CT molecular complexity index is 904. The summed E-state index contributed by atoms with van der Waals surface area (Å²) in [7, 11) is 1.57. The van der Waals surface area contributed by atoms with Gasteiger partial charge in [0.2, 0.25) is 0 Å². The molecule has 8 heteroatoms. The SMILES string of the molecule is COc1ccc(CN2CCn3nc(C(=O)O)c(C4CC4)c3C2=O)c(Cl)c1. The van der Waals surface area contributed by atoms with Gasteiger partial charge in [0, 0.05) is 23.7 Å². The van der Waals surface area contributed by atoms with Gasteiger partial charge in [-0.3, -0.25) is 9.48 Å². The second-order valence-electron chi connectivity index (χ2n) is 6.60. The molecule has 0 atom stereocenters. The number of methoxy groups -OCH3 is 1. The molecule has 1 aromatic heterocycles. The van der Waals surface area contributed by atoms with Gasteiger partial charge in [0.1, 0.15) is 11.4 Å². The molecule has 2 aliphatic rings. The lowest BCUT2D eigenvalue weighted by molar-refractivity contribution is 0.0670. The number of hydrogen-bond acceptors (Lipinski definition) is 4. The number of rotatable bonds is 5. The molecule has 136 valence electrons. The van der Waals surface area contributed by atoms with E-state index >= 15 is 0 Å². The van der Waals surface area contributed by atoms with Crippen molar-refractivity contribution in [2.45, 2.75) is 31.8 Å². The molecule has 1 aliphatic heterocycles. The Balaban J connectivity index is 1.65. The number of carboxylic acid groups (broad SMARTS) is 1. The van der Waals surface area contributed by atoms with E-state index in [4.69, 9.17) is 16.3 Å². The van der Waals surface area contributed by atoms with E-state index in [0.29, 0.717) is 41.7 Å². The Hall–Kier alpha value is -2.54. The molecule has 1 amide bonds. The van der Waals surface area contributed by atoms with Crippen molar-refractivity contribution >= 4 is 23.5 Å². The lowest BCUT2D eigenvalue weighted by Crippen LogP contribution is -2.40. The summed E-state index contributed by atoms with van der Waals surface area (Å²) < 4.78 is 6.70. The number of hydrogen-bond donors (Lipinski definition) is 1. The summed E-state index contributed by atoms with van der Waals surface area (Å²) in [6.45, 7) is 1.29. The van der Waals surface area contributed by atoms with E-state index in [9.17, 15) is 14.7 Å². The molecule has 2 aromatic rings. The second-order valence-corrected chi connectivity index (χ2v) is 7.00. The fourth-order valence-electron chi connectivity index (χ4n) is 3.39. The molecule has 0 bridgehead atoms. The summed E-state index contributed by atoms with van der Waals surface area (Å²) in [5, 5.41) is 14.1. The Morgan fingerprint density at radius 3 is 2.77 bits per heavy atom. The maximum Gasteiger partial charge on any atom is 0.356 e. The number of nitrogens with zero attached hydrogens (tertiary/aromatic N) is 3. The predicted octanol–water partition coefficient (Wildman–Crippen LogP) is 2.78. The van der Waals surface area contributed by atoms with Crippen LogP contribution in [-0.4, -0.2) is 45.3 Å². The van der Waals surface area contributed by atoms with Crippen molar-refractivity contribution in [3.8, 4) is 5.75 Å². The minimum Gasteiger partial charge on any atom is -0.497 e. The van der Waals surface area contributed by atoms with Gasteiger partial charge in [0.15, 0.2) is 5.69 Å². The van der Waals surface area contributed by atoms with Gasteiger partial charge in [-0.1, -0.05) is 17.7 Å². The van der Waals surface area contributed by atoms with E-state index in [1.54, 1.807) is 28.8 Å². The zero-order valence-corrected chi connectivity index (χ0v) is 15.0. The van der Waals surface area contributed by atoms with Crippen LogP contribution in [0.25, 0.3) is 0 Å². The molecule has 1 saturated carbocycles. The monoisotopic (exact) mass is 375 g/mol. The summed E-state index contributed by atoms with van der Waals surface area (Å²) in [5.74, 6) is -0.487. The van der Waals surface area contributed by atoms with Crippen LogP contribution in [-0.2, 0) is 13.1 Å². The van der Waals surface area contributed by atoms with Crippen LogP contribution in [0.4, 0.5) is 0 Å². The van der Waals surface area contributed by atoms with Gasteiger partial charge in [-0.05, 0) is 36.5 Å². The fraction of sp³-hybridized carbons (Fsp3) is 0.389. The number of carbonyl (C=O) groups is 2. The number of fused-ring (bicyclic) bond motifs is 1. The number of aromatic nitrogens is 2. The zero-order chi connectivity index (χ0) is 18.4. The third kappa shape index (κ3) is 2.82. The van der Waals surface area contributed by atoms with Gasteiger partial charge < -0.3 is 14.7 Å². The quantitative estimate of drug-likeness (QED) is 0.868. The lowest BCUT2D eigenvalue weighted by Gasteiger charge is -2.28. The molecule has 7 nitrogen and oxygen atoms in total. The number of aromatic carboxylic acids is 1. The lowest BCUT2D eigenvalue weighted by atomic mass is 10.1. The zero-order valence-electron chi connectivity index (χ0n) is 14.2. The maximum absolute atomic E-state index is 13.0. The van der Waals surface area contributed by atoms with E-state index in [0.717, 1.165) is 18.4 Å². The molecule has 0 radical (unpaired) electrons. The van der Waals surface area contributed by atoms with Crippen LogP contribution in [0, 0.1) is 0 Å². The molecule has 1 fully saturated rings. The van der Waals surface area contributed by atoms with Gasteiger partial charge in [0.05, 0.1) is 13.7 Å². The van der Waals surface area contributed by atoms with Crippen molar-refractivity contribution < 1.29 is 19.4 Å². The van der Waals surface area contributed by atoms with E-state index in [-0.39, 0.29) is 17.5 Å². The fourth-order valence-corrected chi connectivity index (χ4v) is 3.62. The second kappa shape index (κ2) is 6.32. The van der Waals surface area contributed by atoms with Crippen molar-refractivity contribution in [2.24, 2.45) is 0 Å². The van der Waals surface area contributed by atoms with Crippen molar-refractivity contribution in [3.05, 3.63) is 45.7 Å².